The van der Waals surface area contributed by atoms with E-state index in [1.54, 1.807) is 25.3 Å². The van der Waals surface area contributed by atoms with Crippen LogP contribution in [0.25, 0.3) is 0 Å². The summed E-state index contributed by atoms with van der Waals surface area (Å²) < 4.78 is 5.04. The van der Waals surface area contributed by atoms with Crippen molar-refractivity contribution in [3.8, 4) is 5.75 Å². The number of rotatable bonds is 4. The van der Waals surface area contributed by atoms with Crippen LogP contribution in [0, 0.1) is 0 Å². The highest BCUT2D eigenvalue weighted by Gasteiger charge is 2.11. The zero-order valence-electron chi connectivity index (χ0n) is 11.1. The summed E-state index contributed by atoms with van der Waals surface area (Å²) in [6, 6.07) is 5.13. The fraction of sp³-hybridized carbons (Fsp3) is 0.462. The first kappa shape index (κ1) is 14.8. The summed E-state index contributed by atoms with van der Waals surface area (Å²) in [5.74, 6) is 0.480. The highest BCUT2D eigenvalue weighted by molar-refractivity contribution is 6.32. The maximum absolute atomic E-state index is 11.7. The molecular weight excluding hydrogens is 252 g/mol. The van der Waals surface area contributed by atoms with Crippen LogP contribution in [0.1, 0.15) is 20.8 Å². The number of hydrogen-bond acceptors (Lipinski definition) is 3. The molecular formula is C13H19ClN2O2. The lowest BCUT2D eigenvalue weighted by Crippen LogP contribution is -2.41. The van der Waals surface area contributed by atoms with E-state index in [1.165, 1.54) is 0 Å². The highest BCUT2D eigenvalue weighted by atomic mass is 35.5. The molecule has 0 heterocycles. The number of halogens is 1. The molecule has 0 unspecified atom stereocenters. The van der Waals surface area contributed by atoms with Crippen molar-refractivity contribution in [1.82, 2.24) is 5.32 Å². The van der Waals surface area contributed by atoms with Gasteiger partial charge in [0.1, 0.15) is 5.75 Å². The van der Waals surface area contributed by atoms with Crippen LogP contribution >= 0.6 is 11.6 Å². The van der Waals surface area contributed by atoms with E-state index in [0.717, 1.165) is 0 Å². The Labute approximate surface area is 113 Å². The van der Waals surface area contributed by atoms with E-state index in [0.29, 0.717) is 16.5 Å². The molecule has 0 aliphatic carbocycles. The fourth-order valence-corrected chi connectivity index (χ4v) is 1.55. The summed E-state index contributed by atoms with van der Waals surface area (Å²) in [5, 5.41) is 6.35. The second-order valence-electron chi connectivity index (χ2n) is 5.00. The summed E-state index contributed by atoms with van der Waals surface area (Å²) in [6.45, 7) is 6.27. The van der Waals surface area contributed by atoms with Crippen LogP contribution in [0.5, 0.6) is 5.75 Å². The molecule has 2 N–H and O–H groups in total. The van der Waals surface area contributed by atoms with Crippen molar-refractivity contribution in [2.75, 3.05) is 19.0 Å². The Morgan fingerprint density at radius 3 is 2.56 bits per heavy atom. The van der Waals surface area contributed by atoms with Crippen LogP contribution in [0.4, 0.5) is 5.69 Å². The zero-order chi connectivity index (χ0) is 13.8. The van der Waals surface area contributed by atoms with Gasteiger partial charge in [-0.3, -0.25) is 4.79 Å². The van der Waals surface area contributed by atoms with Gasteiger partial charge in [-0.05, 0) is 39.0 Å². The summed E-state index contributed by atoms with van der Waals surface area (Å²) in [4.78, 5) is 11.7. The second kappa shape index (κ2) is 6.07. The van der Waals surface area contributed by atoms with Crippen LogP contribution in [-0.4, -0.2) is 25.1 Å². The highest BCUT2D eigenvalue weighted by Crippen LogP contribution is 2.27. The molecule has 4 nitrogen and oxygen atoms in total. The molecule has 0 aliphatic rings. The van der Waals surface area contributed by atoms with E-state index in [1.807, 2.05) is 20.8 Å². The number of carbonyl (C=O) groups is 1. The first-order valence-corrected chi connectivity index (χ1v) is 6.08. The van der Waals surface area contributed by atoms with Crippen LogP contribution in [0.2, 0.25) is 5.02 Å². The molecule has 1 rings (SSSR count). The van der Waals surface area contributed by atoms with Gasteiger partial charge in [0.05, 0.1) is 18.7 Å². The molecule has 0 bridgehead atoms. The Morgan fingerprint density at radius 2 is 2.06 bits per heavy atom. The molecule has 0 radical (unpaired) electrons. The summed E-state index contributed by atoms with van der Waals surface area (Å²) in [7, 11) is 1.55. The zero-order valence-corrected chi connectivity index (χ0v) is 11.9. The van der Waals surface area contributed by atoms with Crippen LogP contribution in [0.3, 0.4) is 0 Å². The maximum atomic E-state index is 11.7. The minimum atomic E-state index is -0.105. The van der Waals surface area contributed by atoms with E-state index in [-0.39, 0.29) is 18.0 Å². The van der Waals surface area contributed by atoms with Gasteiger partial charge in [-0.25, -0.2) is 0 Å². The quantitative estimate of drug-likeness (QED) is 0.884. The third-order valence-electron chi connectivity index (χ3n) is 2.21. The van der Waals surface area contributed by atoms with Crippen molar-refractivity contribution in [3.63, 3.8) is 0 Å². The molecule has 0 saturated carbocycles. The fourth-order valence-electron chi connectivity index (χ4n) is 1.29. The van der Waals surface area contributed by atoms with Crippen molar-refractivity contribution in [1.29, 1.82) is 0 Å². The molecule has 0 aliphatic heterocycles. The average molecular weight is 271 g/mol. The topological polar surface area (TPSA) is 50.4 Å². The molecule has 0 aromatic heterocycles. The Hall–Kier alpha value is -1.26. The molecule has 1 aromatic rings. The molecule has 1 amide bonds. The van der Waals surface area contributed by atoms with E-state index in [9.17, 15) is 4.79 Å². The summed E-state index contributed by atoms with van der Waals surface area (Å²) in [6.07, 6.45) is 0. The van der Waals surface area contributed by atoms with Gasteiger partial charge in [-0.15, -0.1) is 0 Å². The third kappa shape index (κ3) is 4.94. The Bertz CT molecular complexity index is 427. The first-order valence-electron chi connectivity index (χ1n) is 5.70. The van der Waals surface area contributed by atoms with Crippen LogP contribution in [0.15, 0.2) is 18.2 Å². The lowest BCUT2D eigenvalue weighted by Gasteiger charge is -2.20. The minimum Gasteiger partial charge on any atom is -0.495 e. The monoisotopic (exact) mass is 270 g/mol. The number of hydrogen-bond donors (Lipinski definition) is 2. The predicted molar refractivity (Wildman–Crippen MR) is 74.4 cm³/mol. The Balaban J connectivity index is 2.57. The van der Waals surface area contributed by atoms with Gasteiger partial charge in [0.2, 0.25) is 5.91 Å². The number of ether oxygens (including phenoxy) is 1. The van der Waals surface area contributed by atoms with Crippen molar-refractivity contribution >= 4 is 23.2 Å². The van der Waals surface area contributed by atoms with Gasteiger partial charge >= 0.3 is 0 Å². The van der Waals surface area contributed by atoms with Gasteiger partial charge in [-0.2, -0.15) is 0 Å². The van der Waals surface area contributed by atoms with Crippen molar-refractivity contribution < 1.29 is 9.53 Å². The number of nitrogens with one attached hydrogen (secondary N) is 2. The molecule has 100 valence electrons. The normalized spacial score (nSPS) is 11.2. The van der Waals surface area contributed by atoms with E-state index in [2.05, 4.69) is 10.6 Å². The summed E-state index contributed by atoms with van der Waals surface area (Å²) >= 11 is 5.97. The number of amides is 1. The minimum absolute atomic E-state index is 0.0884. The van der Waals surface area contributed by atoms with Gasteiger partial charge in [-0.1, -0.05) is 11.6 Å². The standard InChI is InChI=1S/C13H19ClN2O2/c1-13(2,3)15-8-12(17)16-9-5-6-11(18-4)10(14)7-9/h5-7,15H,8H2,1-4H3,(H,16,17). The Kier molecular flexibility index (Phi) is 4.99. The average Bonchev–Trinajstić information content (AvgIpc) is 2.26. The van der Waals surface area contributed by atoms with Crippen LogP contribution < -0.4 is 15.4 Å². The number of benzene rings is 1. The van der Waals surface area contributed by atoms with Gasteiger partial charge in [0.25, 0.3) is 0 Å². The maximum Gasteiger partial charge on any atom is 0.238 e. The van der Waals surface area contributed by atoms with Gasteiger partial charge < -0.3 is 15.4 Å². The number of carbonyl (C=O) groups excluding carboxylic acids is 1. The van der Waals surface area contributed by atoms with Crippen molar-refractivity contribution in [2.24, 2.45) is 0 Å². The molecule has 5 heteroatoms. The third-order valence-corrected chi connectivity index (χ3v) is 2.51. The smallest absolute Gasteiger partial charge is 0.238 e. The van der Waals surface area contributed by atoms with E-state index >= 15 is 0 Å². The van der Waals surface area contributed by atoms with Crippen molar-refractivity contribution in [3.05, 3.63) is 23.2 Å². The predicted octanol–water partition coefficient (Wildman–Crippen LogP) is 2.68. The lowest BCUT2D eigenvalue weighted by atomic mass is 10.1. The summed E-state index contributed by atoms with van der Waals surface area (Å²) in [5.41, 5.74) is 0.566. The van der Waals surface area contributed by atoms with Crippen LogP contribution in [-0.2, 0) is 4.79 Å². The SMILES string of the molecule is COc1ccc(NC(=O)CNC(C)(C)C)cc1Cl. The molecule has 0 fully saturated rings. The molecule has 18 heavy (non-hydrogen) atoms. The van der Waals surface area contributed by atoms with Gasteiger partial charge in [0, 0.05) is 11.2 Å². The number of anilines is 1. The molecule has 0 atom stereocenters. The molecule has 0 spiro atoms. The Morgan fingerprint density at radius 1 is 1.39 bits per heavy atom. The largest absolute Gasteiger partial charge is 0.495 e. The lowest BCUT2D eigenvalue weighted by molar-refractivity contribution is -0.115. The first-order chi connectivity index (χ1) is 8.31. The number of methoxy groups -OCH3 is 1. The van der Waals surface area contributed by atoms with E-state index < -0.39 is 0 Å². The molecule has 0 saturated heterocycles. The van der Waals surface area contributed by atoms with Crippen molar-refractivity contribution in [2.45, 2.75) is 26.3 Å². The van der Waals surface area contributed by atoms with Gasteiger partial charge in [0.15, 0.2) is 0 Å². The van der Waals surface area contributed by atoms with E-state index in [4.69, 9.17) is 16.3 Å². The molecule has 1 aromatic carbocycles. The second-order valence-corrected chi connectivity index (χ2v) is 5.41.